The Balaban J connectivity index is 0.000000286. The molecule has 0 bridgehead atoms. The van der Waals surface area contributed by atoms with Crippen LogP contribution in [0.2, 0.25) is 0 Å². The lowest BCUT2D eigenvalue weighted by Gasteiger charge is -2.39. The maximum absolute atomic E-state index is 12.1. The van der Waals surface area contributed by atoms with Gasteiger partial charge in [-0.2, -0.15) is 0 Å². The van der Waals surface area contributed by atoms with Crippen LogP contribution in [0.4, 0.5) is 4.79 Å². The number of pyridine rings is 2. The van der Waals surface area contributed by atoms with Crippen molar-refractivity contribution in [3.05, 3.63) is 72.6 Å². The number of aromatic hydroxyl groups is 1. The van der Waals surface area contributed by atoms with E-state index in [0.717, 1.165) is 12.0 Å². The van der Waals surface area contributed by atoms with Crippen molar-refractivity contribution >= 4 is 6.09 Å². The molecule has 9 nitrogen and oxygen atoms in total. The van der Waals surface area contributed by atoms with Crippen molar-refractivity contribution in [3.8, 4) is 23.3 Å². The summed E-state index contributed by atoms with van der Waals surface area (Å²) in [5.41, 5.74) is 0.975. The molecule has 1 amide bonds. The number of rotatable bonds is 7. The molecule has 0 unspecified atom stereocenters. The van der Waals surface area contributed by atoms with E-state index in [2.05, 4.69) is 9.97 Å². The summed E-state index contributed by atoms with van der Waals surface area (Å²) in [6.07, 6.45) is 3.55. The largest absolute Gasteiger partial charge is 0.506 e. The minimum absolute atomic E-state index is 0.0374. The first-order chi connectivity index (χ1) is 16.1. The number of carbonyl (C=O) groups excluding carboxylic acids is 1. The summed E-state index contributed by atoms with van der Waals surface area (Å²) in [5, 5.41) is 8.73. The summed E-state index contributed by atoms with van der Waals surface area (Å²) in [6.45, 7) is 1.41. The van der Waals surface area contributed by atoms with Crippen molar-refractivity contribution in [2.45, 2.75) is 19.1 Å². The zero-order valence-corrected chi connectivity index (χ0v) is 18.6. The molecule has 0 spiro atoms. The molecule has 0 aliphatic carbocycles. The first-order valence-electron chi connectivity index (χ1n) is 10.4. The Kier molecular flexibility index (Phi) is 8.70. The average molecular weight is 453 g/mol. The Hall–Kier alpha value is -4.01. The molecule has 4 rings (SSSR count). The molecular weight excluding hydrogens is 426 g/mol. The van der Waals surface area contributed by atoms with Crippen molar-refractivity contribution in [2.24, 2.45) is 0 Å². The van der Waals surface area contributed by atoms with Crippen LogP contribution in [0.5, 0.6) is 23.3 Å². The maximum atomic E-state index is 12.1. The predicted octanol–water partition coefficient (Wildman–Crippen LogP) is 3.68. The second-order valence-electron chi connectivity index (χ2n) is 7.08. The number of hydrogen-bond donors (Lipinski definition) is 1. The molecule has 0 saturated carbocycles. The molecule has 33 heavy (non-hydrogen) atoms. The van der Waals surface area contributed by atoms with Gasteiger partial charge >= 0.3 is 6.09 Å². The number of ether oxygens (including phenoxy) is 4. The zero-order valence-electron chi connectivity index (χ0n) is 18.6. The first-order valence-corrected chi connectivity index (χ1v) is 10.4. The van der Waals surface area contributed by atoms with Gasteiger partial charge in [0.25, 0.3) is 0 Å². The van der Waals surface area contributed by atoms with Crippen molar-refractivity contribution in [1.29, 1.82) is 0 Å². The van der Waals surface area contributed by atoms with Gasteiger partial charge in [0.1, 0.15) is 24.7 Å². The zero-order chi connectivity index (χ0) is 23.5. The molecule has 1 saturated heterocycles. The topological polar surface area (TPSA) is 103 Å². The number of carbonyl (C=O) groups is 1. The lowest BCUT2D eigenvalue weighted by Crippen LogP contribution is -2.54. The van der Waals surface area contributed by atoms with Crippen LogP contribution in [0.25, 0.3) is 0 Å². The normalized spacial score (nSPS) is 14.2. The van der Waals surface area contributed by atoms with Crippen molar-refractivity contribution < 1.29 is 28.8 Å². The Morgan fingerprint density at radius 1 is 1.00 bits per heavy atom. The van der Waals surface area contributed by atoms with Crippen molar-refractivity contribution in [1.82, 2.24) is 14.9 Å². The number of nitrogens with zero attached hydrogens (tertiary/aromatic N) is 3. The molecular formula is C24H27N3O6. The summed E-state index contributed by atoms with van der Waals surface area (Å²) < 4.78 is 20.8. The van der Waals surface area contributed by atoms with Crippen molar-refractivity contribution in [2.75, 3.05) is 27.4 Å². The van der Waals surface area contributed by atoms with Gasteiger partial charge in [0, 0.05) is 18.7 Å². The summed E-state index contributed by atoms with van der Waals surface area (Å²) in [5.74, 6) is 1.85. The Morgan fingerprint density at radius 2 is 1.70 bits per heavy atom. The summed E-state index contributed by atoms with van der Waals surface area (Å²) in [6, 6.07) is 16.3. The summed E-state index contributed by atoms with van der Waals surface area (Å²) >= 11 is 0. The van der Waals surface area contributed by atoms with Gasteiger partial charge in [-0.15, -0.1) is 0 Å². The molecule has 1 aliphatic rings. The average Bonchev–Trinajstić information content (AvgIpc) is 2.84. The van der Waals surface area contributed by atoms with Gasteiger partial charge in [-0.1, -0.05) is 30.3 Å². The van der Waals surface area contributed by atoms with Crippen molar-refractivity contribution in [3.63, 3.8) is 0 Å². The molecule has 174 valence electrons. The van der Waals surface area contributed by atoms with Crippen LogP contribution in [0.3, 0.4) is 0 Å². The quantitative estimate of drug-likeness (QED) is 0.578. The monoisotopic (exact) mass is 453 g/mol. The van der Waals surface area contributed by atoms with E-state index in [4.69, 9.17) is 24.1 Å². The van der Waals surface area contributed by atoms with Crippen LogP contribution in [-0.2, 0) is 11.3 Å². The number of aromatic nitrogens is 2. The highest BCUT2D eigenvalue weighted by atomic mass is 16.6. The van der Waals surface area contributed by atoms with Gasteiger partial charge in [0.05, 0.1) is 32.7 Å². The molecule has 1 atom stereocenters. The van der Waals surface area contributed by atoms with Crippen LogP contribution in [-0.4, -0.2) is 59.5 Å². The van der Waals surface area contributed by atoms with E-state index in [0.29, 0.717) is 30.7 Å². The number of likely N-dealkylation sites (tertiary alicyclic amines) is 1. The SMILES string of the molecule is COc1ccc(O)cn1.COc1ccc(OC[C@H]2CCN2C(=O)OCc2ccccc2)cn1. The number of amides is 1. The number of hydrogen-bond acceptors (Lipinski definition) is 8. The van der Waals surface area contributed by atoms with Gasteiger partial charge in [-0.25, -0.2) is 14.8 Å². The molecule has 1 N–H and O–H groups in total. The molecule has 0 radical (unpaired) electrons. The van der Waals surface area contributed by atoms with Gasteiger partial charge in [0.15, 0.2) is 0 Å². The van der Waals surface area contributed by atoms with E-state index in [1.807, 2.05) is 30.3 Å². The fourth-order valence-electron chi connectivity index (χ4n) is 2.92. The smallest absolute Gasteiger partial charge is 0.410 e. The Bertz CT molecular complexity index is 983. The van der Waals surface area contributed by atoms with Gasteiger partial charge < -0.3 is 29.0 Å². The Labute approximate surface area is 192 Å². The first kappa shape index (κ1) is 23.6. The number of benzene rings is 1. The third kappa shape index (κ3) is 7.27. The van der Waals surface area contributed by atoms with Crippen LogP contribution >= 0.6 is 0 Å². The van der Waals surface area contributed by atoms with Crippen LogP contribution in [0.15, 0.2) is 67.0 Å². The van der Waals surface area contributed by atoms with Gasteiger partial charge in [-0.05, 0) is 24.1 Å². The summed E-state index contributed by atoms with van der Waals surface area (Å²) in [4.78, 5) is 21.6. The Morgan fingerprint density at radius 3 is 2.24 bits per heavy atom. The van der Waals surface area contributed by atoms with Crippen LogP contribution in [0.1, 0.15) is 12.0 Å². The second kappa shape index (κ2) is 12.1. The van der Waals surface area contributed by atoms with E-state index in [1.54, 1.807) is 36.4 Å². The molecule has 9 heteroatoms. The van der Waals surface area contributed by atoms with Crippen LogP contribution in [0, 0.1) is 0 Å². The molecule has 3 heterocycles. The highest BCUT2D eigenvalue weighted by Crippen LogP contribution is 2.21. The van der Waals surface area contributed by atoms with Crippen LogP contribution < -0.4 is 14.2 Å². The summed E-state index contributed by atoms with van der Waals surface area (Å²) in [7, 11) is 3.09. The molecule has 1 aliphatic heterocycles. The molecule has 2 aromatic heterocycles. The molecule has 1 fully saturated rings. The highest BCUT2D eigenvalue weighted by Gasteiger charge is 2.33. The minimum atomic E-state index is -0.299. The van der Waals surface area contributed by atoms with E-state index in [9.17, 15) is 4.79 Å². The third-order valence-corrected chi connectivity index (χ3v) is 4.87. The minimum Gasteiger partial charge on any atom is -0.506 e. The standard InChI is InChI=1S/C18H20N2O4.C6H7NO2/c1-22-17-8-7-16(11-19-17)23-13-15-9-10-20(15)18(21)24-12-14-5-3-2-4-6-14;1-9-6-3-2-5(8)4-7-6/h2-8,11,15H,9-10,12-13H2,1H3;2-4,8H,1H3/t15-;/m1./s1. The number of methoxy groups -OCH3 is 2. The second-order valence-corrected chi connectivity index (χ2v) is 7.08. The fraction of sp³-hybridized carbons (Fsp3) is 0.292. The lowest BCUT2D eigenvalue weighted by molar-refractivity contribution is 0.0259. The van der Waals surface area contributed by atoms with E-state index in [1.165, 1.54) is 19.4 Å². The fourth-order valence-corrected chi connectivity index (χ4v) is 2.92. The highest BCUT2D eigenvalue weighted by molar-refractivity contribution is 5.69. The predicted molar refractivity (Wildman–Crippen MR) is 120 cm³/mol. The molecule has 1 aromatic carbocycles. The maximum Gasteiger partial charge on any atom is 0.410 e. The van der Waals surface area contributed by atoms with E-state index >= 15 is 0 Å². The van der Waals surface area contributed by atoms with E-state index < -0.39 is 0 Å². The van der Waals surface area contributed by atoms with Gasteiger partial charge in [0.2, 0.25) is 11.8 Å². The van der Waals surface area contributed by atoms with E-state index in [-0.39, 0.29) is 24.5 Å². The third-order valence-electron chi connectivity index (χ3n) is 4.87. The lowest BCUT2D eigenvalue weighted by atomic mass is 10.1. The molecule has 3 aromatic rings. The van der Waals surface area contributed by atoms with Gasteiger partial charge in [-0.3, -0.25) is 0 Å².